The number of ether oxygens (including phenoxy) is 1. The predicted octanol–water partition coefficient (Wildman–Crippen LogP) is 11.3. The third-order valence-electron chi connectivity index (χ3n) is 9.52. The first-order valence-electron chi connectivity index (χ1n) is 19.3. The molecule has 0 saturated carbocycles. The van der Waals surface area contributed by atoms with Crippen LogP contribution in [0.1, 0.15) is 160 Å². The van der Waals surface area contributed by atoms with Gasteiger partial charge in [0.05, 0.1) is 0 Å². The lowest BCUT2D eigenvalue weighted by Crippen LogP contribution is -2.52. The Balaban J connectivity index is 1.82. The van der Waals surface area contributed by atoms with Gasteiger partial charge in [0.2, 0.25) is 0 Å². The minimum atomic E-state index is -0.375. The summed E-state index contributed by atoms with van der Waals surface area (Å²) in [5, 5.41) is 11.3. The molecular formula is C42H70NO3+. The molecule has 0 bridgehead atoms. The molecule has 1 N–H and O–H groups in total. The number of unbranched alkanes of at least 4 members (excludes halogenated alkanes) is 17. The van der Waals surface area contributed by atoms with Crippen LogP contribution in [0.25, 0.3) is 0 Å². The molecular weight excluding hydrogens is 566 g/mol. The number of aliphatic hydroxyl groups excluding tert-OH is 1. The Kier molecular flexibility index (Phi) is 23.4. The monoisotopic (exact) mass is 637 g/mol. The van der Waals surface area contributed by atoms with E-state index in [9.17, 15) is 9.90 Å². The van der Waals surface area contributed by atoms with Gasteiger partial charge in [-0.15, -0.1) is 0 Å². The Morgan fingerprint density at radius 2 is 1.02 bits per heavy atom. The second-order valence-electron chi connectivity index (χ2n) is 14.0. The van der Waals surface area contributed by atoms with Crippen molar-refractivity contribution in [3.8, 4) is 0 Å². The van der Waals surface area contributed by atoms with E-state index in [1.165, 1.54) is 114 Å². The van der Waals surface area contributed by atoms with E-state index in [4.69, 9.17) is 4.74 Å². The molecule has 1 atom stereocenters. The highest BCUT2D eigenvalue weighted by Gasteiger charge is 2.32. The number of quaternary nitrogens is 1. The molecule has 0 aliphatic carbocycles. The van der Waals surface area contributed by atoms with Crippen LogP contribution in [-0.2, 0) is 22.6 Å². The second-order valence-corrected chi connectivity index (χ2v) is 14.0. The number of nitrogens with zero attached hydrogens (tertiary/aromatic N) is 1. The van der Waals surface area contributed by atoms with Gasteiger partial charge in [0, 0.05) is 17.5 Å². The molecule has 0 radical (unpaired) electrons. The van der Waals surface area contributed by atoms with Crippen LogP contribution >= 0.6 is 0 Å². The molecule has 0 heterocycles. The van der Waals surface area contributed by atoms with Crippen molar-refractivity contribution in [2.75, 3.05) is 19.7 Å². The summed E-state index contributed by atoms with van der Waals surface area (Å²) in [6.45, 7) is 7.88. The van der Waals surface area contributed by atoms with Crippen molar-refractivity contribution in [3.63, 3.8) is 0 Å². The lowest BCUT2D eigenvalue weighted by Gasteiger charge is -2.40. The topological polar surface area (TPSA) is 46.5 Å². The van der Waals surface area contributed by atoms with Crippen molar-refractivity contribution in [2.45, 2.75) is 168 Å². The molecule has 0 aromatic heterocycles. The molecule has 46 heavy (non-hydrogen) atoms. The quantitative estimate of drug-likeness (QED) is 0.0527. The maximum absolute atomic E-state index is 12.7. The maximum atomic E-state index is 12.7. The van der Waals surface area contributed by atoms with Crippen molar-refractivity contribution < 1.29 is 19.1 Å². The average Bonchev–Trinajstić information content (AvgIpc) is 3.06. The molecule has 2 aromatic rings. The van der Waals surface area contributed by atoms with Crippen LogP contribution < -0.4 is 0 Å². The van der Waals surface area contributed by atoms with Gasteiger partial charge in [-0.05, 0) is 12.8 Å². The third-order valence-corrected chi connectivity index (χ3v) is 9.52. The normalized spacial score (nSPS) is 12.3. The van der Waals surface area contributed by atoms with Crippen molar-refractivity contribution in [2.24, 2.45) is 0 Å². The SMILES string of the molecule is CCCCCCCCCCCCCCCC(=O)OCC[N+](Cc1ccccc1)(Cc1ccccc1)CC(O)CCCCCCCC. The summed E-state index contributed by atoms with van der Waals surface area (Å²) in [6, 6.07) is 21.2. The van der Waals surface area contributed by atoms with Crippen molar-refractivity contribution >= 4 is 5.97 Å². The van der Waals surface area contributed by atoms with Gasteiger partial charge in [-0.25, -0.2) is 0 Å². The zero-order valence-corrected chi connectivity index (χ0v) is 29.9. The first kappa shape index (κ1) is 40.0. The summed E-state index contributed by atoms with van der Waals surface area (Å²) in [6.07, 6.45) is 25.2. The summed E-state index contributed by atoms with van der Waals surface area (Å²) in [4.78, 5) is 12.7. The average molecular weight is 637 g/mol. The summed E-state index contributed by atoms with van der Waals surface area (Å²) in [7, 11) is 0. The van der Waals surface area contributed by atoms with Crippen LogP contribution in [0.5, 0.6) is 0 Å². The van der Waals surface area contributed by atoms with E-state index in [1.54, 1.807) is 0 Å². The molecule has 0 aliphatic rings. The number of hydrogen-bond acceptors (Lipinski definition) is 3. The highest BCUT2D eigenvalue weighted by molar-refractivity contribution is 5.69. The molecule has 2 aromatic carbocycles. The van der Waals surface area contributed by atoms with E-state index in [2.05, 4.69) is 74.5 Å². The van der Waals surface area contributed by atoms with Crippen molar-refractivity contribution in [1.82, 2.24) is 0 Å². The van der Waals surface area contributed by atoms with E-state index in [0.29, 0.717) is 30.6 Å². The molecule has 4 nitrogen and oxygen atoms in total. The minimum Gasteiger partial charge on any atom is -0.460 e. The highest BCUT2D eigenvalue weighted by Crippen LogP contribution is 2.23. The van der Waals surface area contributed by atoms with Gasteiger partial charge < -0.3 is 14.3 Å². The van der Waals surface area contributed by atoms with E-state index in [0.717, 1.165) is 38.8 Å². The van der Waals surface area contributed by atoms with Gasteiger partial charge >= 0.3 is 5.97 Å². The fourth-order valence-electron chi connectivity index (χ4n) is 6.79. The van der Waals surface area contributed by atoms with E-state index in [-0.39, 0.29) is 12.1 Å². The molecule has 4 heteroatoms. The molecule has 2 rings (SSSR count). The van der Waals surface area contributed by atoms with E-state index < -0.39 is 0 Å². The summed E-state index contributed by atoms with van der Waals surface area (Å²) >= 11 is 0. The van der Waals surface area contributed by atoms with Crippen molar-refractivity contribution in [3.05, 3.63) is 71.8 Å². The van der Waals surface area contributed by atoms with Crippen LogP contribution in [0.15, 0.2) is 60.7 Å². The molecule has 0 spiro atoms. The Morgan fingerprint density at radius 3 is 1.48 bits per heavy atom. The van der Waals surface area contributed by atoms with Crippen LogP contribution in [0.3, 0.4) is 0 Å². The number of esters is 1. The molecule has 0 fully saturated rings. The van der Waals surface area contributed by atoms with Crippen LogP contribution in [-0.4, -0.2) is 41.4 Å². The Hall–Kier alpha value is -2.17. The molecule has 1 unspecified atom stereocenters. The number of benzene rings is 2. The van der Waals surface area contributed by atoms with Crippen LogP contribution in [0, 0.1) is 0 Å². The van der Waals surface area contributed by atoms with Gasteiger partial charge in [-0.1, -0.05) is 190 Å². The fraction of sp³-hybridized carbons (Fsp3) is 0.690. The number of rotatable bonds is 30. The van der Waals surface area contributed by atoms with Gasteiger partial charge in [-0.2, -0.15) is 0 Å². The summed E-state index contributed by atoms with van der Waals surface area (Å²) < 4.78 is 6.54. The maximum Gasteiger partial charge on any atom is 0.305 e. The summed E-state index contributed by atoms with van der Waals surface area (Å²) in [5.41, 5.74) is 2.51. The van der Waals surface area contributed by atoms with Crippen molar-refractivity contribution in [1.29, 1.82) is 0 Å². The van der Waals surface area contributed by atoms with Gasteiger partial charge in [0.1, 0.15) is 38.9 Å². The fourth-order valence-corrected chi connectivity index (χ4v) is 6.79. The molecule has 0 amide bonds. The zero-order chi connectivity index (χ0) is 33.0. The van der Waals surface area contributed by atoms with Crippen LogP contribution in [0.2, 0.25) is 0 Å². The number of carbonyl (C=O) groups is 1. The standard InChI is InChI=1S/C42H70NO3/c1-3-5-7-9-11-12-13-14-15-16-17-19-27-33-42(45)46-35-34-43(36-39-28-22-20-23-29-39,37-40-30-24-21-25-31-40)38-41(44)32-26-18-10-8-6-4-2/h20-25,28-31,41,44H,3-19,26-27,32-38H2,1-2H3/q+1. The first-order valence-corrected chi connectivity index (χ1v) is 19.3. The summed E-state index contributed by atoms with van der Waals surface area (Å²) in [5.74, 6) is -0.0757. The lowest BCUT2D eigenvalue weighted by atomic mass is 10.0. The highest BCUT2D eigenvalue weighted by atomic mass is 16.5. The smallest absolute Gasteiger partial charge is 0.305 e. The van der Waals surface area contributed by atoms with E-state index >= 15 is 0 Å². The largest absolute Gasteiger partial charge is 0.460 e. The van der Waals surface area contributed by atoms with E-state index in [1.807, 2.05) is 0 Å². The second kappa shape index (κ2) is 26.9. The van der Waals surface area contributed by atoms with Gasteiger partial charge in [0.25, 0.3) is 0 Å². The molecule has 0 saturated heterocycles. The first-order chi connectivity index (χ1) is 22.6. The van der Waals surface area contributed by atoms with Gasteiger partial charge in [0.15, 0.2) is 0 Å². The Morgan fingerprint density at radius 1 is 0.609 bits per heavy atom. The van der Waals surface area contributed by atoms with Gasteiger partial charge in [-0.3, -0.25) is 4.79 Å². The Labute approximate surface area is 283 Å². The number of aliphatic hydroxyl groups is 1. The lowest BCUT2D eigenvalue weighted by molar-refractivity contribution is -0.956. The zero-order valence-electron chi connectivity index (χ0n) is 29.9. The molecule has 260 valence electrons. The third kappa shape index (κ3) is 20.1. The minimum absolute atomic E-state index is 0.0757. The predicted molar refractivity (Wildman–Crippen MR) is 196 cm³/mol. The van der Waals surface area contributed by atoms with Crippen LogP contribution in [0.4, 0.5) is 0 Å². The Bertz CT molecular complexity index is 922. The number of carbonyl (C=O) groups excluding carboxylic acids is 1. The number of hydrogen-bond donors (Lipinski definition) is 1. The molecule has 0 aliphatic heterocycles.